The summed E-state index contributed by atoms with van der Waals surface area (Å²) < 4.78 is 1.77. The van der Waals surface area contributed by atoms with Crippen LogP contribution in [0.2, 0.25) is 0 Å². The van der Waals surface area contributed by atoms with Crippen LogP contribution in [0.4, 0.5) is 0 Å². The van der Waals surface area contributed by atoms with Crippen LogP contribution in [0.5, 0.6) is 0 Å². The normalized spacial score (nSPS) is 18.1. The molecule has 1 fully saturated rings. The largest absolute Gasteiger partial charge is 0.348 e. The van der Waals surface area contributed by atoms with E-state index < -0.39 is 0 Å². The number of fused-ring (bicyclic) bond motifs is 3. The molecule has 1 aliphatic rings. The molecule has 0 aliphatic heterocycles. The number of amides is 1. The van der Waals surface area contributed by atoms with Gasteiger partial charge in [0.15, 0.2) is 0 Å². The van der Waals surface area contributed by atoms with Crippen LogP contribution >= 0.6 is 0 Å². The number of hydrogen-bond acceptors (Lipinski definition) is 5. The van der Waals surface area contributed by atoms with Crippen LogP contribution in [0.25, 0.3) is 44.3 Å². The van der Waals surface area contributed by atoms with Crippen LogP contribution in [0.15, 0.2) is 61.2 Å². The lowest BCUT2D eigenvalue weighted by Crippen LogP contribution is -2.43. The molecule has 34 heavy (non-hydrogen) atoms. The summed E-state index contributed by atoms with van der Waals surface area (Å²) >= 11 is 0. The predicted octanol–water partition coefficient (Wildman–Crippen LogP) is 3.79. The molecule has 170 valence electrons. The number of carbonyl (C=O) groups is 1. The minimum atomic E-state index is -0.0759. The van der Waals surface area contributed by atoms with Crippen LogP contribution in [-0.4, -0.2) is 42.7 Å². The summed E-state index contributed by atoms with van der Waals surface area (Å²) in [5.41, 5.74) is 12.3. The van der Waals surface area contributed by atoms with Crippen molar-refractivity contribution in [3.63, 3.8) is 0 Å². The maximum absolute atomic E-state index is 12.7. The van der Waals surface area contributed by atoms with Crippen LogP contribution in [0.1, 0.15) is 29.6 Å². The van der Waals surface area contributed by atoms with Crippen molar-refractivity contribution in [3.8, 4) is 22.4 Å². The Balaban J connectivity index is 1.37. The fourth-order valence-corrected chi connectivity index (χ4v) is 4.89. The highest BCUT2D eigenvalue weighted by atomic mass is 16.1. The summed E-state index contributed by atoms with van der Waals surface area (Å²) in [5.74, 6) is -0.0759. The molecule has 8 nitrogen and oxygen atoms in total. The van der Waals surface area contributed by atoms with Crippen molar-refractivity contribution in [1.82, 2.24) is 30.0 Å². The monoisotopic (exact) mass is 451 g/mol. The molecule has 4 N–H and O–H groups in total. The molecular weight excluding hydrogens is 426 g/mol. The highest BCUT2D eigenvalue weighted by Gasteiger charge is 2.25. The average molecular weight is 452 g/mol. The third-order valence-electron chi connectivity index (χ3n) is 6.72. The third-order valence-corrected chi connectivity index (χ3v) is 6.72. The molecule has 0 unspecified atom stereocenters. The van der Waals surface area contributed by atoms with E-state index in [0.29, 0.717) is 5.56 Å². The van der Waals surface area contributed by atoms with Gasteiger partial charge in [0.2, 0.25) is 0 Å². The molecule has 0 saturated heterocycles. The molecule has 4 aromatic heterocycles. The number of aryl methyl sites for hydroxylation is 1. The number of nitrogens with two attached hydrogens (primary N) is 1. The molecular formula is C26H25N7O. The maximum atomic E-state index is 12.7. The van der Waals surface area contributed by atoms with Crippen LogP contribution < -0.4 is 11.1 Å². The second-order valence-electron chi connectivity index (χ2n) is 8.98. The van der Waals surface area contributed by atoms with Gasteiger partial charge in [0.1, 0.15) is 5.65 Å². The van der Waals surface area contributed by atoms with E-state index in [0.717, 1.165) is 63.6 Å². The number of hydrogen-bond donors (Lipinski definition) is 3. The summed E-state index contributed by atoms with van der Waals surface area (Å²) in [6, 6.07) is 11.9. The van der Waals surface area contributed by atoms with Crippen molar-refractivity contribution >= 4 is 27.8 Å². The SMILES string of the molecule is Cn1cc(-c2cc3c(cn2)[nH]c2nccc(-c4ccc(C(=O)N[C@H]5CCC[C@@H]5N)cc4)c23)cn1. The number of nitrogens with zero attached hydrogens (tertiary/aromatic N) is 4. The number of rotatable bonds is 4. The molecule has 4 heterocycles. The number of pyridine rings is 2. The van der Waals surface area contributed by atoms with E-state index in [9.17, 15) is 4.79 Å². The first-order chi connectivity index (χ1) is 16.6. The Labute approximate surface area is 196 Å². The van der Waals surface area contributed by atoms with E-state index >= 15 is 0 Å². The average Bonchev–Trinajstić information content (AvgIpc) is 3.57. The summed E-state index contributed by atoms with van der Waals surface area (Å²) in [4.78, 5) is 25.2. The molecule has 0 bridgehead atoms. The number of aromatic nitrogens is 5. The van der Waals surface area contributed by atoms with Gasteiger partial charge >= 0.3 is 0 Å². The molecule has 0 spiro atoms. The van der Waals surface area contributed by atoms with E-state index in [1.807, 2.05) is 56.0 Å². The fraction of sp³-hybridized carbons (Fsp3) is 0.231. The smallest absolute Gasteiger partial charge is 0.251 e. The Morgan fingerprint density at radius 3 is 2.71 bits per heavy atom. The van der Waals surface area contributed by atoms with Gasteiger partial charge in [-0.15, -0.1) is 0 Å². The minimum Gasteiger partial charge on any atom is -0.348 e. The number of aromatic amines is 1. The Hall–Kier alpha value is -4.04. The van der Waals surface area contributed by atoms with Gasteiger partial charge in [0, 0.05) is 53.4 Å². The second kappa shape index (κ2) is 8.07. The third kappa shape index (κ3) is 3.52. The van der Waals surface area contributed by atoms with Crippen molar-refractivity contribution in [2.24, 2.45) is 12.8 Å². The van der Waals surface area contributed by atoms with Crippen LogP contribution in [-0.2, 0) is 7.05 Å². The van der Waals surface area contributed by atoms with Crippen LogP contribution in [0.3, 0.4) is 0 Å². The summed E-state index contributed by atoms with van der Waals surface area (Å²) in [6.07, 6.45) is 10.4. The molecule has 5 aromatic rings. The zero-order chi connectivity index (χ0) is 23.2. The number of benzene rings is 1. The van der Waals surface area contributed by atoms with Gasteiger partial charge in [0.05, 0.1) is 23.6 Å². The zero-order valence-electron chi connectivity index (χ0n) is 18.8. The van der Waals surface area contributed by atoms with Gasteiger partial charge in [-0.1, -0.05) is 12.1 Å². The van der Waals surface area contributed by atoms with Crippen molar-refractivity contribution < 1.29 is 4.79 Å². The molecule has 1 aromatic carbocycles. The Morgan fingerprint density at radius 1 is 1.12 bits per heavy atom. The molecule has 2 atom stereocenters. The van der Waals surface area contributed by atoms with E-state index in [1.54, 1.807) is 10.9 Å². The Kier molecular flexibility index (Phi) is 4.88. The zero-order valence-corrected chi connectivity index (χ0v) is 18.8. The quantitative estimate of drug-likeness (QED) is 0.385. The lowest BCUT2D eigenvalue weighted by atomic mass is 10.00. The van der Waals surface area contributed by atoms with Crippen LogP contribution in [0, 0.1) is 0 Å². The molecule has 1 amide bonds. The molecule has 0 radical (unpaired) electrons. The van der Waals surface area contributed by atoms with Crippen molar-refractivity contribution in [3.05, 3.63) is 66.7 Å². The Bertz CT molecular complexity index is 1520. The molecule has 1 saturated carbocycles. The highest BCUT2D eigenvalue weighted by Crippen LogP contribution is 2.35. The first-order valence-electron chi connectivity index (χ1n) is 11.5. The molecule has 6 rings (SSSR count). The van der Waals surface area contributed by atoms with E-state index in [2.05, 4.69) is 31.4 Å². The first kappa shape index (κ1) is 20.6. The summed E-state index contributed by atoms with van der Waals surface area (Å²) in [7, 11) is 1.89. The molecule has 8 heteroatoms. The number of carbonyl (C=O) groups excluding carboxylic acids is 1. The van der Waals surface area contributed by atoms with Gasteiger partial charge in [-0.2, -0.15) is 5.10 Å². The first-order valence-corrected chi connectivity index (χ1v) is 11.5. The van der Waals surface area contributed by atoms with E-state index in [1.165, 1.54) is 0 Å². The van der Waals surface area contributed by atoms with Gasteiger partial charge in [-0.25, -0.2) is 4.98 Å². The van der Waals surface area contributed by atoms with Gasteiger partial charge in [0.25, 0.3) is 5.91 Å². The second-order valence-corrected chi connectivity index (χ2v) is 8.98. The maximum Gasteiger partial charge on any atom is 0.251 e. The summed E-state index contributed by atoms with van der Waals surface area (Å²) in [6.45, 7) is 0. The summed E-state index contributed by atoms with van der Waals surface area (Å²) in [5, 5.41) is 9.42. The minimum absolute atomic E-state index is 0.0428. The lowest BCUT2D eigenvalue weighted by molar-refractivity contribution is 0.0934. The van der Waals surface area contributed by atoms with E-state index in [-0.39, 0.29) is 18.0 Å². The number of nitrogens with one attached hydrogen (secondary N) is 2. The standard InChI is InChI=1S/C26H25N7O/c1-33-14-17(12-30-33)22-11-19-23(13-29-22)31-25-24(19)18(9-10-28-25)15-5-7-16(8-6-15)26(34)32-21-4-2-3-20(21)27/h5-14,20-21H,2-4,27H2,1H3,(H,28,31)(H,32,34)/t20-,21-/m0/s1. The lowest BCUT2D eigenvalue weighted by Gasteiger charge is -2.17. The van der Waals surface area contributed by atoms with E-state index in [4.69, 9.17) is 5.73 Å². The number of H-pyrrole nitrogens is 1. The van der Waals surface area contributed by atoms with Gasteiger partial charge in [-0.05, 0) is 54.7 Å². The van der Waals surface area contributed by atoms with Crippen molar-refractivity contribution in [2.45, 2.75) is 31.3 Å². The van der Waals surface area contributed by atoms with Gasteiger partial charge in [-0.3, -0.25) is 14.5 Å². The highest BCUT2D eigenvalue weighted by molar-refractivity contribution is 6.13. The van der Waals surface area contributed by atoms with Crippen molar-refractivity contribution in [2.75, 3.05) is 0 Å². The fourth-order valence-electron chi connectivity index (χ4n) is 4.89. The Morgan fingerprint density at radius 2 is 1.97 bits per heavy atom. The van der Waals surface area contributed by atoms with Gasteiger partial charge < -0.3 is 16.0 Å². The molecule has 1 aliphatic carbocycles. The van der Waals surface area contributed by atoms with Crippen molar-refractivity contribution in [1.29, 1.82) is 0 Å². The topological polar surface area (TPSA) is 115 Å². The predicted molar refractivity (Wildman–Crippen MR) is 132 cm³/mol.